The van der Waals surface area contributed by atoms with Crippen molar-refractivity contribution in [3.63, 3.8) is 0 Å². The van der Waals surface area contributed by atoms with Crippen molar-refractivity contribution in [2.45, 2.75) is 26.8 Å². The van der Waals surface area contributed by atoms with Gasteiger partial charge in [0.15, 0.2) is 0 Å². The third kappa shape index (κ3) is 4.18. The van der Waals surface area contributed by atoms with Gasteiger partial charge in [-0.05, 0) is 35.6 Å². The first-order chi connectivity index (χ1) is 9.61. The highest BCUT2D eigenvalue weighted by atomic mass is 16.3. The standard InChI is InChI=1S/C16H23N3O/c1-16(2,7-10-20)13-17-12-14-5-3-6-15(11-14)19-9-4-8-18-19/h3-6,8-9,11,17,20H,7,10,12-13H2,1-2H3. The van der Waals surface area contributed by atoms with E-state index in [-0.39, 0.29) is 12.0 Å². The lowest BCUT2D eigenvalue weighted by Gasteiger charge is -2.24. The second-order valence-electron chi connectivity index (χ2n) is 5.86. The summed E-state index contributed by atoms with van der Waals surface area (Å²) in [6, 6.07) is 10.3. The first kappa shape index (κ1) is 14.8. The molecule has 4 heteroatoms. The van der Waals surface area contributed by atoms with Crippen LogP contribution in [0.4, 0.5) is 0 Å². The minimum Gasteiger partial charge on any atom is -0.396 e. The molecule has 0 aliphatic rings. The minimum absolute atomic E-state index is 0.119. The molecule has 2 rings (SSSR count). The molecule has 0 fully saturated rings. The molecule has 0 aliphatic carbocycles. The van der Waals surface area contributed by atoms with Crippen molar-refractivity contribution in [3.05, 3.63) is 48.3 Å². The Morgan fingerprint density at radius 2 is 2.15 bits per heavy atom. The molecule has 2 N–H and O–H groups in total. The molecule has 20 heavy (non-hydrogen) atoms. The van der Waals surface area contributed by atoms with Crippen LogP contribution in [0.1, 0.15) is 25.8 Å². The van der Waals surface area contributed by atoms with Gasteiger partial charge in [0.05, 0.1) is 5.69 Å². The van der Waals surface area contributed by atoms with E-state index in [2.05, 4.69) is 36.4 Å². The topological polar surface area (TPSA) is 50.1 Å². The van der Waals surface area contributed by atoms with Gasteiger partial charge in [-0.1, -0.05) is 26.0 Å². The van der Waals surface area contributed by atoms with Crippen LogP contribution in [0.25, 0.3) is 5.69 Å². The second kappa shape index (κ2) is 6.68. The molecular weight excluding hydrogens is 250 g/mol. The minimum atomic E-state index is 0.119. The molecule has 0 radical (unpaired) electrons. The summed E-state index contributed by atoms with van der Waals surface area (Å²) in [7, 11) is 0. The van der Waals surface area contributed by atoms with Crippen LogP contribution < -0.4 is 5.32 Å². The van der Waals surface area contributed by atoms with Crippen LogP contribution >= 0.6 is 0 Å². The molecule has 0 saturated heterocycles. The summed E-state index contributed by atoms with van der Waals surface area (Å²) in [5.41, 5.74) is 2.43. The molecule has 0 spiro atoms. The van der Waals surface area contributed by atoms with Gasteiger partial charge in [-0.2, -0.15) is 5.10 Å². The fourth-order valence-electron chi connectivity index (χ4n) is 2.17. The number of hydrogen-bond donors (Lipinski definition) is 2. The zero-order chi connectivity index (χ0) is 14.4. The van der Waals surface area contributed by atoms with E-state index in [4.69, 9.17) is 5.11 Å². The quantitative estimate of drug-likeness (QED) is 0.814. The molecule has 0 saturated carbocycles. The number of nitrogens with one attached hydrogen (secondary N) is 1. The van der Waals surface area contributed by atoms with Gasteiger partial charge < -0.3 is 10.4 Å². The van der Waals surface area contributed by atoms with E-state index in [1.165, 1.54) is 5.56 Å². The van der Waals surface area contributed by atoms with E-state index < -0.39 is 0 Å². The van der Waals surface area contributed by atoms with Gasteiger partial charge in [0.1, 0.15) is 0 Å². The van der Waals surface area contributed by atoms with Crippen LogP contribution in [0.5, 0.6) is 0 Å². The average molecular weight is 273 g/mol. The predicted molar refractivity (Wildman–Crippen MR) is 80.8 cm³/mol. The maximum absolute atomic E-state index is 9.02. The number of nitrogens with zero attached hydrogens (tertiary/aromatic N) is 2. The first-order valence-electron chi connectivity index (χ1n) is 7.01. The van der Waals surface area contributed by atoms with Gasteiger partial charge >= 0.3 is 0 Å². The first-order valence-corrected chi connectivity index (χ1v) is 7.01. The highest BCUT2D eigenvalue weighted by Gasteiger charge is 2.16. The lowest BCUT2D eigenvalue weighted by molar-refractivity contribution is 0.207. The zero-order valence-electron chi connectivity index (χ0n) is 12.2. The van der Waals surface area contributed by atoms with Crippen LogP contribution in [0.15, 0.2) is 42.7 Å². The maximum atomic E-state index is 9.02. The van der Waals surface area contributed by atoms with E-state index >= 15 is 0 Å². The predicted octanol–water partition coefficient (Wildman–Crippen LogP) is 2.37. The molecule has 0 amide bonds. The summed E-state index contributed by atoms with van der Waals surface area (Å²) in [5, 5.41) is 16.7. The molecule has 0 bridgehead atoms. The molecule has 2 aromatic rings. The Bertz CT molecular complexity index is 520. The van der Waals surface area contributed by atoms with E-state index in [1.807, 2.05) is 29.1 Å². The zero-order valence-corrected chi connectivity index (χ0v) is 12.2. The number of benzene rings is 1. The molecule has 0 aliphatic heterocycles. The third-order valence-corrected chi connectivity index (χ3v) is 3.40. The molecule has 4 nitrogen and oxygen atoms in total. The number of rotatable bonds is 7. The van der Waals surface area contributed by atoms with Crippen molar-refractivity contribution in [2.75, 3.05) is 13.2 Å². The number of aliphatic hydroxyl groups excluding tert-OH is 1. The number of hydrogen-bond acceptors (Lipinski definition) is 3. The van der Waals surface area contributed by atoms with Crippen LogP contribution in [0.3, 0.4) is 0 Å². The number of aliphatic hydroxyl groups is 1. The van der Waals surface area contributed by atoms with Gasteiger partial charge in [0, 0.05) is 32.1 Å². The molecule has 1 aromatic carbocycles. The summed E-state index contributed by atoms with van der Waals surface area (Å²) in [5.74, 6) is 0. The van der Waals surface area contributed by atoms with Crippen LogP contribution in [0.2, 0.25) is 0 Å². The fraction of sp³-hybridized carbons (Fsp3) is 0.438. The highest BCUT2D eigenvalue weighted by Crippen LogP contribution is 2.18. The normalized spacial score (nSPS) is 11.8. The molecule has 0 atom stereocenters. The molecular formula is C16H23N3O. The van der Waals surface area contributed by atoms with Gasteiger partial charge in [0.25, 0.3) is 0 Å². The molecule has 108 valence electrons. The summed E-state index contributed by atoms with van der Waals surface area (Å²) in [4.78, 5) is 0. The third-order valence-electron chi connectivity index (χ3n) is 3.40. The Hall–Kier alpha value is -1.65. The van der Waals surface area contributed by atoms with Gasteiger partial charge in [-0.25, -0.2) is 4.68 Å². The lowest BCUT2D eigenvalue weighted by Crippen LogP contribution is -2.29. The van der Waals surface area contributed by atoms with E-state index in [9.17, 15) is 0 Å². The Balaban J connectivity index is 1.92. The summed E-state index contributed by atoms with van der Waals surface area (Å²) in [6.07, 6.45) is 4.53. The van der Waals surface area contributed by atoms with Crippen LogP contribution in [0, 0.1) is 5.41 Å². The Labute approximate surface area is 120 Å². The van der Waals surface area contributed by atoms with Gasteiger partial charge in [-0.15, -0.1) is 0 Å². The Morgan fingerprint density at radius 1 is 1.30 bits per heavy atom. The highest BCUT2D eigenvalue weighted by molar-refractivity contribution is 5.34. The summed E-state index contributed by atoms with van der Waals surface area (Å²) >= 11 is 0. The van der Waals surface area contributed by atoms with E-state index in [0.29, 0.717) is 0 Å². The second-order valence-corrected chi connectivity index (χ2v) is 5.86. The monoisotopic (exact) mass is 273 g/mol. The SMILES string of the molecule is CC(C)(CCO)CNCc1cccc(-n2cccn2)c1. The van der Waals surface area contributed by atoms with Crippen molar-refractivity contribution in [1.82, 2.24) is 15.1 Å². The van der Waals surface area contributed by atoms with E-state index in [0.717, 1.165) is 25.2 Å². The van der Waals surface area contributed by atoms with Crippen molar-refractivity contribution in [2.24, 2.45) is 5.41 Å². The van der Waals surface area contributed by atoms with Crippen molar-refractivity contribution >= 4 is 0 Å². The van der Waals surface area contributed by atoms with Crippen LogP contribution in [-0.4, -0.2) is 28.0 Å². The van der Waals surface area contributed by atoms with Crippen molar-refractivity contribution in [3.8, 4) is 5.69 Å². The smallest absolute Gasteiger partial charge is 0.0648 e. The Morgan fingerprint density at radius 3 is 2.85 bits per heavy atom. The lowest BCUT2D eigenvalue weighted by atomic mass is 9.90. The Kier molecular flexibility index (Phi) is 4.93. The number of aromatic nitrogens is 2. The summed E-state index contributed by atoms with van der Waals surface area (Å²) < 4.78 is 1.86. The maximum Gasteiger partial charge on any atom is 0.0648 e. The molecule has 1 heterocycles. The van der Waals surface area contributed by atoms with E-state index in [1.54, 1.807) is 6.20 Å². The van der Waals surface area contributed by atoms with Crippen molar-refractivity contribution < 1.29 is 5.11 Å². The molecule has 1 aromatic heterocycles. The average Bonchev–Trinajstić information content (AvgIpc) is 2.92. The van der Waals surface area contributed by atoms with Gasteiger partial charge in [-0.3, -0.25) is 0 Å². The molecule has 0 unspecified atom stereocenters. The summed E-state index contributed by atoms with van der Waals surface area (Å²) in [6.45, 7) is 6.28. The van der Waals surface area contributed by atoms with Gasteiger partial charge in [0.2, 0.25) is 0 Å². The van der Waals surface area contributed by atoms with Crippen LogP contribution in [-0.2, 0) is 6.54 Å². The fourth-order valence-corrected chi connectivity index (χ4v) is 2.17. The van der Waals surface area contributed by atoms with Crippen molar-refractivity contribution in [1.29, 1.82) is 0 Å². The largest absolute Gasteiger partial charge is 0.396 e.